The second-order valence-corrected chi connectivity index (χ2v) is 9.38. The second kappa shape index (κ2) is 8.52. The fraction of sp³-hybridized carbons (Fsp3) is 0.474. The van der Waals surface area contributed by atoms with E-state index in [1.54, 1.807) is 0 Å². The Balaban J connectivity index is 1.41. The van der Waals surface area contributed by atoms with Gasteiger partial charge in [-0.25, -0.2) is 8.42 Å². The normalized spacial score (nSPS) is 18.4. The fourth-order valence-electron chi connectivity index (χ4n) is 3.84. The molecule has 11 heteroatoms. The zero-order chi connectivity index (χ0) is 21.1. The predicted octanol–water partition coefficient (Wildman–Crippen LogP) is 1.89. The van der Waals surface area contributed by atoms with Crippen molar-refractivity contribution >= 4 is 27.3 Å². The van der Waals surface area contributed by atoms with E-state index in [0.29, 0.717) is 13.1 Å². The number of rotatable bonds is 5. The van der Waals surface area contributed by atoms with Gasteiger partial charge in [-0.3, -0.25) is 10.1 Å². The summed E-state index contributed by atoms with van der Waals surface area (Å²) in [5.74, 6) is 1.61. The van der Waals surface area contributed by atoms with Crippen molar-refractivity contribution in [2.45, 2.75) is 24.2 Å². The molecule has 0 atom stereocenters. The first-order valence-corrected chi connectivity index (χ1v) is 11.5. The number of nitro groups is 1. The highest BCUT2D eigenvalue weighted by Gasteiger charge is 2.30. The number of nitrogens with zero attached hydrogens (tertiary/aromatic N) is 6. The first-order valence-electron chi connectivity index (χ1n) is 10.0. The summed E-state index contributed by atoms with van der Waals surface area (Å²) in [5.41, 5.74) is -0.237. The molecule has 0 N–H and O–H groups in total. The summed E-state index contributed by atoms with van der Waals surface area (Å²) in [4.78, 5) is 14.5. The monoisotopic (exact) mass is 432 g/mol. The molecule has 0 radical (unpaired) electrons. The quantitative estimate of drug-likeness (QED) is 0.520. The zero-order valence-electron chi connectivity index (χ0n) is 16.6. The van der Waals surface area contributed by atoms with Crippen molar-refractivity contribution in [2.75, 3.05) is 49.1 Å². The average Bonchev–Trinajstić information content (AvgIpc) is 2.80. The Morgan fingerprint density at radius 3 is 2.00 bits per heavy atom. The maximum Gasteiger partial charge on any atom is 0.270 e. The molecule has 3 heterocycles. The molecule has 0 bridgehead atoms. The van der Waals surface area contributed by atoms with Crippen LogP contribution in [0.4, 0.5) is 17.3 Å². The summed E-state index contributed by atoms with van der Waals surface area (Å²) in [7, 11) is -3.79. The largest absolute Gasteiger partial charge is 0.355 e. The van der Waals surface area contributed by atoms with Crippen molar-refractivity contribution in [3.63, 3.8) is 0 Å². The molecule has 10 nitrogen and oxygen atoms in total. The lowest BCUT2D eigenvalue weighted by atomic mass is 10.1. The van der Waals surface area contributed by atoms with Crippen molar-refractivity contribution in [1.29, 1.82) is 0 Å². The Kier molecular flexibility index (Phi) is 5.82. The van der Waals surface area contributed by atoms with Crippen molar-refractivity contribution < 1.29 is 13.3 Å². The Morgan fingerprint density at radius 2 is 1.43 bits per heavy atom. The first kappa shape index (κ1) is 20.5. The van der Waals surface area contributed by atoms with Gasteiger partial charge in [-0.05, 0) is 37.5 Å². The molecule has 1 aromatic heterocycles. The Hall–Kier alpha value is -2.79. The molecule has 1 aromatic carbocycles. The van der Waals surface area contributed by atoms with E-state index in [0.717, 1.165) is 30.8 Å². The summed E-state index contributed by atoms with van der Waals surface area (Å²) in [6, 6.07) is 9.07. The number of non-ortho nitro benzene ring substituents is 1. The van der Waals surface area contributed by atoms with Crippen molar-refractivity contribution in [2.24, 2.45) is 0 Å². The van der Waals surface area contributed by atoms with E-state index >= 15 is 0 Å². The minimum Gasteiger partial charge on any atom is -0.355 e. The summed E-state index contributed by atoms with van der Waals surface area (Å²) < 4.78 is 27.1. The SMILES string of the molecule is O=[N+]([O-])c1cccc(S(=O)(=O)N2CCN(c3ccc(N4CCCCC4)nn3)CC2)c1. The van der Waals surface area contributed by atoms with Gasteiger partial charge in [0.05, 0.1) is 9.82 Å². The lowest BCUT2D eigenvalue weighted by molar-refractivity contribution is -0.385. The van der Waals surface area contributed by atoms with Gasteiger partial charge in [-0.1, -0.05) is 6.07 Å². The third-order valence-electron chi connectivity index (χ3n) is 5.55. The van der Waals surface area contributed by atoms with Crippen LogP contribution in [0.1, 0.15) is 19.3 Å². The van der Waals surface area contributed by atoms with Gasteiger partial charge in [0.2, 0.25) is 10.0 Å². The number of hydrogen-bond donors (Lipinski definition) is 0. The number of piperidine rings is 1. The number of benzene rings is 1. The molecule has 2 aliphatic heterocycles. The van der Waals surface area contributed by atoms with Gasteiger partial charge in [0.1, 0.15) is 0 Å². The number of hydrogen-bond acceptors (Lipinski definition) is 8. The highest BCUT2D eigenvalue weighted by Crippen LogP contribution is 2.24. The van der Waals surface area contributed by atoms with E-state index in [-0.39, 0.29) is 23.7 Å². The van der Waals surface area contributed by atoms with Crippen LogP contribution in [-0.2, 0) is 10.0 Å². The van der Waals surface area contributed by atoms with E-state index in [1.165, 1.54) is 41.8 Å². The topological polar surface area (TPSA) is 113 Å². The van der Waals surface area contributed by atoms with Gasteiger partial charge >= 0.3 is 0 Å². The number of aromatic nitrogens is 2. The Bertz CT molecular complexity index is 1000. The third kappa shape index (κ3) is 4.21. The van der Waals surface area contributed by atoms with Crippen LogP contribution >= 0.6 is 0 Å². The van der Waals surface area contributed by atoms with Crippen LogP contribution in [-0.4, -0.2) is 67.1 Å². The van der Waals surface area contributed by atoms with Crippen LogP contribution in [0, 0.1) is 10.1 Å². The summed E-state index contributed by atoms with van der Waals surface area (Å²) in [6.07, 6.45) is 3.60. The number of nitro benzene ring substituents is 1. The molecule has 0 aliphatic carbocycles. The van der Waals surface area contributed by atoms with Gasteiger partial charge in [0.25, 0.3) is 5.69 Å². The van der Waals surface area contributed by atoms with E-state index in [2.05, 4.69) is 15.1 Å². The van der Waals surface area contributed by atoms with E-state index in [4.69, 9.17) is 0 Å². The van der Waals surface area contributed by atoms with E-state index < -0.39 is 14.9 Å². The highest BCUT2D eigenvalue weighted by molar-refractivity contribution is 7.89. The van der Waals surface area contributed by atoms with Crippen molar-refractivity contribution in [1.82, 2.24) is 14.5 Å². The Labute approximate surface area is 175 Å². The summed E-state index contributed by atoms with van der Waals surface area (Å²) >= 11 is 0. The number of piperazine rings is 1. The van der Waals surface area contributed by atoms with Crippen molar-refractivity contribution in [3.8, 4) is 0 Å². The molecule has 30 heavy (non-hydrogen) atoms. The van der Waals surface area contributed by atoms with Gasteiger partial charge in [-0.15, -0.1) is 10.2 Å². The maximum absolute atomic E-state index is 12.9. The third-order valence-corrected chi connectivity index (χ3v) is 7.44. The highest BCUT2D eigenvalue weighted by atomic mass is 32.2. The Morgan fingerprint density at radius 1 is 0.833 bits per heavy atom. The van der Waals surface area contributed by atoms with Gasteiger partial charge in [-0.2, -0.15) is 4.31 Å². The molecular weight excluding hydrogens is 408 g/mol. The van der Waals surface area contributed by atoms with Crippen LogP contribution in [0.25, 0.3) is 0 Å². The van der Waals surface area contributed by atoms with Crippen LogP contribution in [0.3, 0.4) is 0 Å². The minimum absolute atomic E-state index is 0.0594. The molecule has 0 spiro atoms. The van der Waals surface area contributed by atoms with Crippen LogP contribution < -0.4 is 9.80 Å². The van der Waals surface area contributed by atoms with Crippen LogP contribution in [0.2, 0.25) is 0 Å². The molecule has 2 aromatic rings. The molecule has 0 amide bonds. The second-order valence-electron chi connectivity index (χ2n) is 7.44. The van der Waals surface area contributed by atoms with E-state index in [1.807, 2.05) is 17.0 Å². The lowest BCUT2D eigenvalue weighted by Crippen LogP contribution is -2.49. The zero-order valence-corrected chi connectivity index (χ0v) is 17.4. The van der Waals surface area contributed by atoms with Gasteiger partial charge in [0, 0.05) is 51.4 Å². The predicted molar refractivity (Wildman–Crippen MR) is 112 cm³/mol. The van der Waals surface area contributed by atoms with Crippen LogP contribution in [0.5, 0.6) is 0 Å². The molecule has 2 aliphatic rings. The molecule has 4 rings (SSSR count). The fourth-order valence-corrected chi connectivity index (χ4v) is 5.31. The van der Waals surface area contributed by atoms with Crippen LogP contribution in [0.15, 0.2) is 41.3 Å². The first-order chi connectivity index (χ1) is 14.4. The molecule has 0 saturated carbocycles. The van der Waals surface area contributed by atoms with Gasteiger partial charge < -0.3 is 9.80 Å². The van der Waals surface area contributed by atoms with E-state index in [9.17, 15) is 18.5 Å². The molecular formula is C19H24N6O4S. The number of anilines is 2. The smallest absolute Gasteiger partial charge is 0.270 e. The molecule has 0 unspecified atom stereocenters. The minimum atomic E-state index is -3.79. The maximum atomic E-state index is 12.9. The summed E-state index contributed by atoms with van der Waals surface area (Å²) in [6.45, 7) is 3.52. The standard InChI is InChI=1S/C19H24N6O4S/c26-25(27)16-5-4-6-17(15-16)30(28,29)24-13-11-23(12-14-24)19-8-7-18(20-21-19)22-9-2-1-3-10-22/h4-8,15H,1-3,9-14H2. The van der Waals surface area contributed by atoms with Crippen molar-refractivity contribution in [3.05, 3.63) is 46.5 Å². The lowest BCUT2D eigenvalue weighted by Gasteiger charge is -2.34. The average molecular weight is 433 g/mol. The number of sulfonamides is 1. The summed E-state index contributed by atoms with van der Waals surface area (Å²) in [5, 5.41) is 19.7. The van der Waals surface area contributed by atoms with Gasteiger partial charge in [0.15, 0.2) is 11.6 Å². The molecule has 2 saturated heterocycles. The molecule has 2 fully saturated rings. The molecule has 160 valence electrons.